The Kier molecular flexibility index (Phi) is 4.65. The molecule has 4 rings (SSSR count). The van der Waals surface area contributed by atoms with Crippen molar-refractivity contribution in [3.63, 3.8) is 0 Å². The molecule has 1 fully saturated rings. The summed E-state index contributed by atoms with van der Waals surface area (Å²) >= 11 is 0. The fourth-order valence-corrected chi connectivity index (χ4v) is 4.80. The Bertz CT molecular complexity index is 750. The molecule has 1 spiro atoms. The van der Waals surface area contributed by atoms with Crippen molar-refractivity contribution in [1.82, 2.24) is 29.5 Å². The molecular weight excluding hydrogens is 324 g/mol. The molecule has 0 radical (unpaired) electrons. The van der Waals surface area contributed by atoms with Crippen LogP contribution in [0.5, 0.6) is 0 Å². The Labute approximate surface area is 156 Å². The lowest BCUT2D eigenvalue weighted by Crippen LogP contribution is -2.57. The number of nitrogens with one attached hydrogen (secondary N) is 1. The maximum Gasteiger partial charge on any atom is 0.0926 e. The molecule has 1 N–H and O–H groups in total. The quantitative estimate of drug-likeness (QED) is 0.914. The molecule has 0 aliphatic carbocycles. The van der Waals surface area contributed by atoms with Gasteiger partial charge in [0.05, 0.1) is 23.8 Å². The second-order valence-electron chi connectivity index (χ2n) is 8.51. The zero-order valence-electron chi connectivity index (χ0n) is 16.6. The smallest absolute Gasteiger partial charge is 0.0926 e. The minimum Gasteiger partial charge on any atom is -0.348 e. The van der Waals surface area contributed by atoms with Gasteiger partial charge in [0.1, 0.15) is 0 Å². The number of aryl methyl sites for hydroxylation is 1. The number of rotatable bonds is 4. The number of nitrogens with zero attached hydrogens (tertiary/aromatic N) is 5. The Hall–Kier alpha value is -1.66. The number of imidazole rings is 1. The molecule has 6 heteroatoms. The number of aromatic nitrogens is 4. The van der Waals surface area contributed by atoms with Crippen molar-refractivity contribution < 1.29 is 0 Å². The van der Waals surface area contributed by atoms with Crippen LogP contribution in [0.1, 0.15) is 49.3 Å². The van der Waals surface area contributed by atoms with Crippen LogP contribution in [0, 0.1) is 12.8 Å². The third kappa shape index (κ3) is 2.99. The van der Waals surface area contributed by atoms with E-state index in [1.165, 1.54) is 22.6 Å². The van der Waals surface area contributed by atoms with Gasteiger partial charge in [0.15, 0.2) is 0 Å². The normalized spacial score (nSPS) is 20.8. The number of H-pyrrole nitrogens is 1. The highest BCUT2D eigenvalue weighted by Gasteiger charge is 2.46. The van der Waals surface area contributed by atoms with Crippen LogP contribution < -0.4 is 0 Å². The van der Waals surface area contributed by atoms with E-state index in [0.717, 1.165) is 52.0 Å². The molecular formula is C20H32N6. The predicted molar refractivity (Wildman–Crippen MR) is 103 cm³/mol. The average molecular weight is 357 g/mol. The highest BCUT2D eigenvalue weighted by molar-refractivity contribution is 5.27. The standard InChI is InChI=1S/C20H32N6/c1-15(2)12-26-8-5-18-19(22-14-21-18)20(26)6-9-25(10-7-20)13-17-11-23-24(4)16(17)3/h11,14-15H,5-10,12-13H2,1-4H3,(H,21,22). The lowest BCUT2D eigenvalue weighted by atomic mass is 9.78. The third-order valence-electron chi connectivity index (χ3n) is 6.40. The van der Waals surface area contributed by atoms with E-state index in [0.29, 0.717) is 5.92 Å². The summed E-state index contributed by atoms with van der Waals surface area (Å²) in [4.78, 5) is 13.5. The van der Waals surface area contributed by atoms with Crippen LogP contribution in [0.4, 0.5) is 0 Å². The van der Waals surface area contributed by atoms with Gasteiger partial charge < -0.3 is 4.98 Å². The Morgan fingerprint density at radius 1 is 1.23 bits per heavy atom. The van der Waals surface area contributed by atoms with Gasteiger partial charge in [0.2, 0.25) is 0 Å². The summed E-state index contributed by atoms with van der Waals surface area (Å²) < 4.78 is 1.97. The van der Waals surface area contributed by atoms with Gasteiger partial charge in [-0.2, -0.15) is 5.10 Å². The topological polar surface area (TPSA) is 53.0 Å². The zero-order chi connectivity index (χ0) is 18.3. The number of likely N-dealkylation sites (tertiary alicyclic amines) is 1. The Morgan fingerprint density at radius 2 is 2.00 bits per heavy atom. The van der Waals surface area contributed by atoms with Crippen molar-refractivity contribution in [1.29, 1.82) is 0 Å². The summed E-state index contributed by atoms with van der Waals surface area (Å²) in [5.74, 6) is 0.684. The fourth-order valence-electron chi connectivity index (χ4n) is 4.80. The molecule has 26 heavy (non-hydrogen) atoms. The van der Waals surface area contributed by atoms with Crippen molar-refractivity contribution >= 4 is 0 Å². The molecule has 0 unspecified atom stereocenters. The summed E-state index contributed by atoms with van der Waals surface area (Å²) in [6.45, 7) is 12.4. The molecule has 0 bridgehead atoms. The first-order valence-electron chi connectivity index (χ1n) is 9.97. The molecule has 0 saturated carbocycles. The van der Waals surface area contributed by atoms with Crippen LogP contribution in [-0.2, 0) is 25.6 Å². The molecule has 2 aromatic rings. The molecule has 2 aliphatic heterocycles. The number of hydrogen-bond donors (Lipinski definition) is 1. The lowest BCUT2D eigenvalue weighted by Gasteiger charge is -2.51. The molecule has 2 aromatic heterocycles. The van der Waals surface area contributed by atoms with Gasteiger partial charge in [-0.1, -0.05) is 13.8 Å². The Balaban J connectivity index is 1.52. The van der Waals surface area contributed by atoms with E-state index in [2.05, 4.69) is 40.7 Å². The van der Waals surface area contributed by atoms with Gasteiger partial charge in [-0.05, 0) is 25.7 Å². The van der Waals surface area contributed by atoms with Crippen molar-refractivity contribution in [2.75, 3.05) is 26.2 Å². The maximum atomic E-state index is 4.79. The molecule has 1 saturated heterocycles. The predicted octanol–water partition coefficient (Wildman–Crippen LogP) is 2.46. The summed E-state index contributed by atoms with van der Waals surface area (Å²) in [6.07, 6.45) is 7.35. The van der Waals surface area contributed by atoms with E-state index >= 15 is 0 Å². The van der Waals surface area contributed by atoms with Gasteiger partial charge in [-0.15, -0.1) is 0 Å². The first-order chi connectivity index (χ1) is 12.5. The van der Waals surface area contributed by atoms with E-state index in [1.54, 1.807) is 0 Å². The highest BCUT2D eigenvalue weighted by Crippen LogP contribution is 2.42. The molecule has 0 amide bonds. The maximum absolute atomic E-state index is 4.79. The molecule has 4 heterocycles. The van der Waals surface area contributed by atoms with Crippen molar-refractivity contribution in [2.45, 2.75) is 52.1 Å². The first kappa shape index (κ1) is 17.7. The monoisotopic (exact) mass is 356 g/mol. The van der Waals surface area contributed by atoms with Gasteiger partial charge in [0.25, 0.3) is 0 Å². The van der Waals surface area contributed by atoms with E-state index in [1.807, 2.05) is 24.3 Å². The second kappa shape index (κ2) is 6.82. The van der Waals surface area contributed by atoms with Crippen molar-refractivity contribution in [2.24, 2.45) is 13.0 Å². The molecule has 2 aliphatic rings. The summed E-state index contributed by atoms with van der Waals surface area (Å²) in [6, 6.07) is 0. The van der Waals surface area contributed by atoms with Crippen molar-refractivity contribution in [3.05, 3.63) is 35.2 Å². The highest BCUT2D eigenvalue weighted by atomic mass is 15.3. The largest absolute Gasteiger partial charge is 0.348 e. The van der Waals surface area contributed by atoms with Crippen LogP contribution in [0.3, 0.4) is 0 Å². The third-order valence-corrected chi connectivity index (χ3v) is 6.40. The van der Waals surface area contributed by atoms with Gasteiger partial charge in [-0.25, -0.2) is 4.98 Å². The van der Waals surface area contributed by atoms with Crippen LogP contribution in [0.15, 0.2) is 12.5 Å². The van der Waals surface area contributed by atoms with Crippen LogP contribution in [0.2, 0.25) is 0 Å². The lowest BCUT2D eigenvalue weighted by molar-refractivity contribution is -0.00359. The summed E-state index contributed by atoms with van der Waals surface area (Å²) in [7, 11) is 2.02. The van der Waals surface area contributed by atoms with Crippen LogP contribution in [0.25, 0.3) is 0 Å². The van der Waals surface area contributed by atoms with E-state index < -0.39 is 0 Å². The number of aromatic amines is 1. The number of piperidine rings is 1. The van der Waals surface area contributed by atoms with Gasteiger partial charge >= 0.3 is 0 Å². The first-order valence-corrected chi connectivity index (χ1v) is 9.97. The average Bonchev–Trinajstić information content (AvgIpc) is 3.22. The van der Waals surface area contributed by atoms with Crippen LogP contribution >= 0.6 is 0 Å². The van der Waals surface area contributed by atoms with Gasteiger partial charge in [0, 0.05) is 63.1 Å². The number of fused-ring (bicyclic) bond motifs is 2. The summed E-state index contributed by atoms with van der Waals surface area (Å²) in [5.41, 5.74) is 5.44. The van der Waals surface area contributed by atoms with Crippen molar-refractivity contribution in [3.8, 4) is 0 Å². The zero-order valence-corrected chi connectivity index (χ0v) is 16.6. The molecule has 0 atom stereocenters. The van der Waals surface area contributed by atoms with E-state index in [9.17, 15) is 0 Å². The van der Waals surface area contributed by atoms with Gasteiger partial charge in [-0.3, -0.25) is 14.5 Å². The SMILES string of the molecule is Cc1c(CN2CCC3(CC2)c2nc[nH]c2CCN3CC(C)C)cnn1C. The van der Waals surface area contributed by atoms with E-state index in [4.69, 9.17) is 4.98 Å². The molecule has 142 valence electrons. The van der Waals surface area contributed by atoms with Crippen LogP contribution in [-0.4, -0.2) is 55.7 Å². The Morgan fingerprint density at radius 3 is 2.65 bits per heavy atom. The number of hydrogen-bond acceptors (Lipinski definition) is 4. The minimum absolute atomic E-state index is 0.123. The fraction of sp³-hybridized carbons (Fsp3) is 0.700. The minimum atomic E-state index is 0.123. The molecule has 0 aromatic carbocycles. The summed E-state index contributed by atoms with van der Waals surface area (Å²) in [5, 5.41) is 4.40. The van der Waals surface area contributed by atoms with E-state index in [-0.39, 0.29) is 5.54 Å². The molecule has 6 nitrogen and oxygen atoms in total. The second-order valence-corrected chi connectivity index (χ2v) is 8.51.